The van der Waals surface area contributed by atoms with Crippen LogP contribution in [0.15, 0.2) is 41.3 Å². The lowest BCUT2D eigenvalue weighted by Crippen LogP contribution is -2.59. The van der Waals surface area contributed by atoms with Crippen LogP contribution in [0.1, 0.15) is 18.9 Å². The number of carbonyl (C=O) groups excluding carboxylic acids is 2. The molecule has 1 aromatic carbocycles. The lowest BCUT2D eigenvalue weighted by atomic mass is 9.68. The third-order valence-electron chi connectivity index (χ3n) is 4.14. The number of fused-ring (bicyclic) bond motifs is 2. The van der Waals surface area contributed by atoms with Gasteiger partial charge in [0, 0.05) is 11.3 Å². The van der Waals surface area contributed by atoms with Crippen molar-refractivity contribution in [3.8, 4) is 0 Å². The van der Waals surface area contributed by atoms with Gasteiger partial charge in [-0.15, -0.1) is 11.8 Å². The van der Waals surface area contributed by atoms with Crippen LogP contribution >= 0.6 is 11.8 Å². The number of rotatable bonds is 3. The number of aldehydes is 1. The van der Waals surface area contributed by atoms with Crippen molar-refractivity contribution in [2.24, 2.45) is 5.41 Å². The third kappa shape index (κ3) is 1.82. The van der Waals surface area contributed by atoms with E-state index in [4.69, 9.17) is 4.74 Å². The van der Waals surface area contributed by atoms with Gasteiger partial charge in [0.1, 0.15) is 17.1 Å². The molecule has 0 spiro atoms. The summed E-state index contributed by atoms with van der Waals surface area (Å²) in [5, 5.41) is 0. The Kier molecular flexibility index (Phi) is 3.01. The number of hydrogen-bond donors (Lipinski definition) is 0. The van der Waals surface area contributed by atoms with Crippen molar-refractivity contribution in [1.29, 1.82) is 0 Å². The van der Waals surface area contributed by atoms with Gasteiger partial charge in [-0.2, -0.15) is 0 Å². The first-order valence-corrected chi connectivity index (χ1v) is 7.43. The highest BCUT2D eigenvalue weighted by molar-refractivity contribution is 8.01. The van der Waals surface area contributed by atoms with Crippen molar-refractivity contribution < 1.29 is 14.3 Å². The lowest BCUT2D eigenvalue weighted by molar-refractivity contribution is -0.164. The van der Waals surface area contributed by atoms with Crippen LogP contribution < -0.4 is 0 Å². The first-order chi connectivity index (χ1) is 9.49. The van der Waals surface area contributed by atoms with Crippen LogP contribution in [0.4, 0.5) is 0 Å². The molecule has 104 valence electrons. The smallest absolute Gasteiger partial charge is 0.328 e. The van der Waals surface area contributed by atoms with E-state index in [-0.39, 0.29) is 12.1 Å². The van der Waals surface area contributed by atoms with Gasteiger partial charge in [0.2, 0.25) is 0 Å². The second-order valence-corrected chi connectivity index (χ2v) is 7.01. The van der Waals surface area contributed by atoms with Gasteiger partial charge in [-0.1, -0.05) is 30.7 Å². The Morgan fingerprint density at radius 1 is 1.35 bits per heavy atom. The lowest BCUT2D eigenvalue weighted by Gasteiger charge is -2.49. The number of aryl methyl sites for hydroxylation is 1. The van der Waals surface area contributed by atoms with Gasteiger partial charge in [0.05, 0.1) is 5.41 Å². The van der Waals surface area contributed by atoms with Crippen molar-refractivity contribution >= 4 is 24.0 Å². The van der Waals surface area contributed by atoms with Crippen LogP contribution in [-0.4, -0.2) is 23.1 Å². The van der Waals surface area contributed by atoms with Gasteiger partial charge >= 0.3 is 5.97 Å². The molecule has 0 unspecified atom stereocenters. The predicted octanol–water partition coefficient (Wildman–Crippen LogP) is 2.92. The fourth-order valence-electron chi connectivity index (χ4n) is 2.80. The Morgan fingerprint density at radius 3 is 2.65 bits per heavy atom. The molecule has 4 rings (SSSR count). The summed E-state index contributed by atoms with van der Waals surface area (Å²) < 4.78 is 4.43. The third-order valence-corrected chi connectivity index (χ3v) is 5.74. The van der Waals surface area contributed by atoms with Gasteiger partial charge in [-0.25, -0.2) is 0 Å². The van der Waals surface area contributed by atoms with E-state index in [0.29, 0.717) is 6.42 Å². The molecule has 2 heterocycles. The van der Waals surface area contributed by atoms with E-state index in [1.807, 2.05) is 50.3 Å². The zero-order valence-electron chi connectivity index (χ0n) is 11.5. The molecule has 3 atom stereocenters. The average Bonchev–Trinajstić information content (AvgIpc) is 2.43. The average molecular weight is 288 g/mol. The molecule has 0 aromatic heterocycles. The summed E-state index contributed by atoms with van der Waals surface area (Å²) in [4.78, 5) is 24.9. The van der Waals surface area contributed by atoms with Gasteiger partial charge in [0.15, 0.2) is 0 Å². The van der Waals surface area contributed by atoms with E-state index in [0.717, 1.165) is 16.7 Å². The van der Waals surface area contributed by atoms with E-state index in [2.05, 4.69) is 0 Å². The molecule has 0 N–H and O–H groups in total. The maximum absolute atomic E-state index is 12.4. The van der Waals surface area contributed by atoms with Crippen LogP contribution in [0.5, 0.6) is 0 Å². The largest absolute Gasteiger partial charge is 0.457 e. The number of ether oxygens (including phenoxy) is 1. The van der Waals surface area contributed by atoms with Crippen molar-refractivity contribution in [3.05, 3.63) is 42.0 Å². The molecule has 3 aliphatic rings. The molecule has 3 nitrogen and oxygen atoms in total. The molecule has 0 saturated carbocycles. The molecule has 0 radical (unpaired) electrons. The molecule has 1 aliphatic carbocycles. The fraction of sp³-hybridized carbons (Fsp3) is 0.375. The van der Waals surface area contributed by atoms with E-state index in [1.165, 1.54) is 11.8 Å². The first kappa shape index (κ1) is 13.4. The van der Waals surface area contributed by atoms with Gasteiger partial charge in [-0.05, 0) is 25.1 Å². The SMILES string of the molecule is Cc1ccc(S[C@]23C=C[C@H](C[C@]2(C)C=O)OC3=O)cc1. The van der Waals surface area contributed by atoms with Crippen LogP contribution in [0, 0.1) is 12.3 Å². The van der Waals surface area contributed by atoms with Gasteiger partial charge < -0.3 is 9.53 Å². The highest BCUT2D eigenvalue weighted by atomic mass is 32.2. The Hall–Kier alpha value is -1.55. The van der Waals surface area contributed by atoms with Crippen LogP contribution in [0.3, 0.4) is 0 Å². The van der Waals surface area contributed by atoms with E-state index in [1.54, 1.807) is 0 Å². The first-order valence-electron chi connectivity index (χ1n) is 6.62. The standard InChI is InChI=1S/C16H16O3S/c1-11-3-5-13(6-4-11)20-16-8-7-12(19-14(16)18)9-15(16,2)10-17/h3-8,10,12H,9H2,1-2H3/t12-,15-,16+/m1/s1. The van der Waals surface area contributed by atoms with Crippen LogP contribution in [0.2, 0.25) is 0 Å². The summed E-state index contributed by atoms with van der Waals surface area (Å²) in [6.45, 7) is 3.86. The quantitative estimate of drug-likeness (QED) is 0.487. The Labute approximate surface area is 122 Å². The molecule has 1 aromatic rings. The van der Waals surface area contributed by atoms with Crippen molar-refractivity contribution in [3.63, 3.8) is 0 Å². The summed E-state index contributed by atoms with van der Waals surface area (Å²) in [7, 11) is 0. The normalized spacial score (nSPS) is 34.9. The summed E-state index contributed by atoms with van der Waals surface area (Å²) in [6, 6.07) is 7.95. The predicted molar refractivity (Wildman–Crippen MR) is 77.6 cm³/mol. The molecule has 0 amide bonds. The second-order valence-electron chi connectivity index (χ2n) is 5.69. The molecular weight excluding hydrogens is 272 g/mol. The van der Waals surface area contributed by atoms with Crippen molar-refractivity contribution in [1.82, 2.24) is 0 Å². The highest BCUT2D eigenvalue weighted by Gasteiger charge is 2.61. The van der Waals surface area contributed by atoms with E-state index >= 15 is 0 Å². The van der Waals surface area contributed by atoms with Crippen LogP contribution in [-0.2, 0) is 14.3 Å². The molecular formula is C16H16O3S. The molecule has 1 fully saturated rings. The highest BCUT2D eigenvalue weighted by Crippen LogP contribution is 2.55. The van der Waals surface area contributed by atoms with Gasteiger partial charge in [-0.3, -0.25) is 4.79 Å². The van der Waals surface area contributed by atoms with Crippen molar-refractivity contribution in [2.45, 2.75) is 36.0 Å². The minimum absolute atomic E-state index is 0.266. The zero-order valence-corrected chi connectivity index (χ0v) is 12.3. The van der Waals surface area contributed by atoms with E-state index in [9.17, 15) is 9.59 Å². The number of thioether (sulfide) groups is 1. The summed E-state index contributed by atoms with van der Waals surface area (Å²) >= 11 is 1.41. The Morgan fingerprint density at radius 2 is 2.05 bits per heavy atom. The maximum atomic E-state index is 12.4. The molecule has 4 heteroatoms. The summed E-state index contributed by atoms with van der Waals surface area (Å²) in [6.07, 6.45) is 4.95. The summed E-state index contributed by atoms with van der Waals surface area (Å²) in [5.74, 6) is -0.309. The van der Waals surface area contributed by atoms with Gasteiger partial charge in [0.25, 0.3) is 0 Å². The molecule has 20 heavy (non-hydrogen) atoms. The molecule has 2 aliphatic heterocycles. The topological polar surface area (TPSA) is 43.4 Å². The fourth-order valence-corrected chi connectivity index (χ4v) is 4.08. The van der Waals surface area contributed by atoms with Crippen LogP contribution in [0.25, 0.3) is 0 Å². The minimum atomic E-state index is -0.946. The number of hydrogen-bond acceptors (Lipinski definition) is 4. The maximum Gasteiger partial charge on any atom is 0.328 e. The monoisotopic (exact) mass is 288 g/mol. The number of benzene rings is 1. The summed E-state index contributed by atoms with van der Waals surface area (Å²) in [5.41, 5.74) is 0.438. The number of carbonyl (C=O) groups is 2. The Bertz CT molecular complexity index is 592. The zero-order chi connectivity index (χ0) is 14.4. The molecule has 2 bridgehead atoms. The van der Waals surface area contributed by atoms with Crippen molar-refractivity contribution in [2.75, 3.05) is 0 Å². The number of esters is 1. The van der Waals surface area contributed by atoms with E-state index < -0.39 is 10.2 Å². The minimum Gasteiger partial charge on any atom is -0.457 e. The Balaban J connectivity index is 2.04. The second kappa shape index (κ2) is 4.48. The molecule has 1 saturated heterocycles.